The number of halogens is 4. The Kier molecular flexibility index (Phi) is 3.21. The number of pyridine rings is 1. The molecule has 21 heavy (non-hydrogen) atoms. The van der Waals surface area contributed by atoms with E-state index in [1.54, 1.807) is 0 Å². The molecule has 0 unspecified atom stereocenters. The number of ether oxygens (including phenoxy) is 1. The van der Waals surface area contributed by atoms with E-state index in [1.807, 2.05) is 0 Å². The molecule has 0 aliphatic rings. The molecule has 0 N–H and O–H groups in total. The minimum absolute atomic E-state index is 0.190. The Morgan fingerprint density at radius 2 is 2.00 bits per heavy atom. The number of aromatic nitrogens is 2. The van der Waals surface area contributed by atoms with Gasteiger partial charge in [0, 0.05) is 11.6 Å². The van der Waals surface area contributed by atoms with Crippen LogP contribution in [0.3, 0.4) is 0 Å². The van der Waals surface area contributed by atoms with E-state index >= 15 is 0 Å². The van der Waals surface area contributed by atoms with E-state index in [1.165, 1.54) is 36.9 Å². The first kappa shape index (κ1) is 13.7. The summed E-state index contributed by atoms with van der Waals surface area (Å²) >= 11 is 6.20. The van der Waals surface area contributed by atoms with Crippen molar-refractivity contribution < 1.29 is 22.3 Å². The molecule has 0 aliphatic carbocycles. The highest BCUT2D eigenvalue weighted by atomic mass is 35.5. The maximum atomic E-state index is 12.2. The number of hydrogen-bond donors (Lipinski definition) is 0. The van der Waals surface area contributed by atoms with Crippen LogP contribution < -0.4 is 4.74 Å². The third kappa shape index (κ3) is 2.78. The standard InChI is InChI=1S/C13H6ClF3N2O2/c14-11-8-5-7(21-13(15,16)17)1-2-10(8)19-6-9(11)12-18-3-4-20-12/h1-6H. The molecule has 0 aliphatic heterocycles. The minimum atomic E-state index is -4.77. The molecule has 0 atom stereocenters. The largest absolute Gasteiger partial charge is 0.573 e. The van der Waals surface area contributed by atoms with E-state index in [9.17, 15) is 13.2 Å². The van der Waals surface area contributed by atoms with Crippen LogP contribution in [0.25, 0.3) is 22.4 Å². The van der Waals surface area contributed by atoms with Crippen LogP contribution in [0.1, 0.15) is 0 Å². The zero-order valence-electron chi connectivity index (χ0n) is 10.2. The minimum Gasteiger partial charge on any atom is -0.444 e. The molecule has 0 saturated heterocycles. The molecule has 0 radical (unpaired) electrons. The molecule has 2 heterocycles. The van der Waals surface area contributed by atoms with Crippen molar-refractivity contribution in [2.45, 2.75) is 6.36 Å². The summed E-state index contributed by atoms with van der Waals surface area (Å²) < 4.78 is 45.7. The molecule has 0 bridgehead atoms. The quantitative estimate of drug-likeness (QED) is 0.701. The van der Waals surface area contributed by atoms with E-state index in [0.29, 0.717) is 16.5 Å². The second kappa shape index (κ2) is 4.92. The molecular weight excluding hydrogens is 309 g/mol. The Balaban J connectivity index is 2.13. The molecular formula is C13H6ClF3N2O2. The molecule has 3 rings (SSSR count). The normalized spacial score (nSPS) is 11.8. The Hall–Kier alpha value is -2.28. The van der Waals surface area contributed by atoms with Gasteiger partial charge in [-0.05, 0) is 18.2 Å². The first-order chi connectivity index (χ1) is 9.94. The number of alkyl halides is 3. The van der Waals surface area contributed by atoms with Gasteiger partial charge in [-0.15, -0.1) is 13.2 Å². The van der Waals surface area contributed by atoms with Crippen molar-refractivity contribution in [3.05, 3.63) is 41.9 Å². The summed E-state index contributed by atoms with van der Waals surface area (Å²) in [5.74, 6) is -0.139. The van der Waals surface area contributed by atoms with Crippen LogP contribution in [-0.4, -0.2) is 16.3 Å². The fraction of sp³-hybridized carbons (Fsp3) is 0.0769. The number of hydrogen-bond acceptors (Lipinski definition) is 4. The predicted molar refractivity (Wildman–Crippen MR) is 68.9 cm³/mol. The maximum absolute atomic E-state index is 12.2. The van der Waals surface area contributed by atoms with Crippen LogP contribution in [-0.2, 0) is 0 Å². The van der Waals surface area contributed by atoms with Crippen molar-refractivity contribution >= 4 is 22.5 Å². The Labute approximate surface area is 121 Å². The monoisotopic (exact) mass is 314 g/mol. The summed E-state index contributed by atoms with van der Waals surface area (Å²) in [4.78, 5) is 8.05. The van der Waals surface area contributed by atoms with Gasteiger partial charge >= 0.3 is 6.36 Å². The van der Waals surface area contributed by atoms with Crippen molar-refractivity contribution in [1.82, 2.24) is 9.97 Å². The SMILES string of the molecule is FC(F)(F)Oc1ccc2ncc(-c3ncco3)c(Cl)c2c1. The van der Waals surface area contributed by atoms with Crippen LogP contribution in [0.2, 0.25) is 5.02 Å². The van der Waals surface area contributed by atoms with Crippen molar-refractivity contribution in [2.75, 3.05) is 0 Å². The van der Waals surface area contributed by atoms with E-state index in [0.717, 1.165) is 0 Å². The third-order valence-electron chi connectivity index (χ3n) is 2.67. The van der Waals surface area contributed by atoms with E-state index < -0.39 is 6.36 Å². The summed E-state index contributed by atoms with van der Waals surface area (Å²) in [7, 11) is 0. The molecule has 0 spiro atoms. The summed E-state index contributed by atoms with van der Waals surface area (Å²) in [6.45, 7) is 0. The average Bonchev–Trinajstić information content (AvgIpc) is 2.92. The van der Waals surface area contributed by atoms with Gasteiger partial charge in [-0.3, -0.25) is 4.98 Å². The van der Waals surface area contributed by atoms with Crippen LogP contribution in [0.15, 0.2) is 41.3 Å². The van der Waals surface area contributed by atoms with Crippen LogP contribution in [0.5, 0.6) is 5.75 Å². The smallest absolute Gasteiger partial charge is 0.444 e. The lowest BCUT2D eigenvalue weighted by Gasteiger charge is -2.10. The van der Waals surface area contributed by atoms with Gasteiger partial charge in [-0.1, -0.05) is 11.6 Å². The fourth-order valence-electron chi connectivity index (χ4n) is 1.84. The summed E-state index contributed by atoms with van der Waals surface area (Å²) in [5.41, 5.74) is 0.822. The average molecular weight is 315 g/mol. The highest BCUT2D eigenvalue weighted by Gasteiger charge is 2.31. The summed E-state index contributed by atoms with van der Waals surface area (Å²) in [6.07, 6.45) is -0.535. The van der Waals surface area contributed by atoms with Gasteiger partial charge in [0.1, 0.15) is 12.0 Å². The molecule has 2 aromatic heterocycles. The van der Waals surface area contributed by atoms with Crippen LogP contribution in [0.4, 0.5) is 13.2 Å². The predicted octanol–water partition coefficient (Wildman–Crippen LogP) is 4.44. The Morgan fingerprint density at radius 1 is 1.19 bits per heavy atom. The first-order valence-electron chi connectivity index (χ1n) is 5.68. The topological polar surface area (TPSA) is 48.2 Å². The molecule has 0 amide bonds. The summed E-state index contributed by atoms with van der Waals surface area (Å²) in [5, 5.41) is 0.504. The molecule has 0 fully saturated rings. The number of rotatable bonds is 2. The lowest BCUT2D eigenvalue weighted by molar-refractivity contribution is -0.274. The highest BCUT2D eigenvalue weighted by Crippen LogP contribution is 2.35. The van der Waals surface area contributed by atoms with Crippen molar-refractivity contribution in [1.29, 1.82) is 0 Å². The van der Waals surface area contributed by atoms with Crippen molar-refractivity contribution in [2.24, 2.45) is 0 Å². The molecule has 108 valence electrons. The van der Waals surface area contributed by atoms with E-state index in [2.05, 4.69) is 14.7 Å². The van der Waals surface area contributed by atoms with Crippen molar-refractivity contribution in [3.63, 3.8) is 0 Å². The van der Waals surface area contributed by atoms with Crippen LogP contribution in [0, 0.1) is 0 Å². The molecule has 4 nitrogen and oxygen atoms in total. The van der Waals surface area contributed by atoms with Gasteiger partial charge < -0.3 is 9.15 Å². The second-order valence-corrected chi connectivity index (χ2v) is 4.43. The molecule has 3 aromatic rings. The number of fused-ring (bicyclic) bond motifs is 1. The number of oxazole rings is 1. The van der Waals surface area contributed by atoms with Crippen molar-refractivity contribution in [3.8, 4) is 17.2 Å². The highest BCUT2D eigenvalue weighted by molar-refractivity contribution is 6.37. The van der Waals surface area contributed by atoms with E-state index in [4.69, 9.17) is 16.0 Å². The van der Waals surface area contributed by atoms with Gasteiger partial charge in [-0.25, -0.2) is 4.98 Å². The van der Waals surface area contributed by atoms with Gasteiger partial charge in [0.25, 0.3) is 0 Å². The zero-order chi connectivity index (χ0) is 15.0. The second-order valence-electron chi connectivity index (χ2n) is 4.05. The van der Waals surface area contributed by atoms with Gasteiger partial charge in [0.2, 0.25) is 5.89 Å². The molecule has 1 aromatic carbocycles. The lowest BCUT2D eigenvalue weighted by Crippen LogP contribution is -2.17. The fourth-order valence-corrected chi connectivity index (χ4v) is 2.12. The molecule has 8 heteroatoms. The Morgan fingerprint density at radius 3 is 2.67 bits per heavy atom. The van der Waals surface area contributed by atoms with Gasteiger partial charge in [-0.2, -0.15) is 0 Å². The van der Waals surface area contributed by atoms with Crippen LogP contribution >= 0.6 is 11.6 Å². The zero-order valence-corrected chi connectivity index (χ0v) is 10.9. The lowest BCUT2D eigenvalue weighted by atomic mass is 10.1. The Bertz CT molecular complexity index is 788. The third-order valence-corrected chi connectivity index (χ3v) is 3.08. The van der Waals surface area contributed by atoms with Gasteiger partial charge in [0.05, 0.1) is 22.3 Å². The maximum Gasteiger partial charge on any atom is 0.573 e. The van der Waals surface area contributed by atoms with Gasteiger partial charge in [0.15, 0.2) is 0 Å². The first-order valence-corrected chi connectivity index (χ1v) is 6.06. The number of nitrogens with zero attached hydrogens (tertiary/aromatic N) is 2. The molecule has 0 saturated carbocycles. The number of benzene rings is 1. The summed E-state index contributed by atoms with van der Waals surface area (Å²) in [6, 6.07) is 3.73. The van der Waals surface area contributed by atoms with E-state index in [-0.39, 0.29) is 16.7 Å².